The third-order valence-corrected chi connectivity index (χ3v) is 6.18. The van der Waals surface area contributed by atoms with Gasteiger partial charge in [-0.25, -0.2) is 5.43 Å². The number of hydrogen-bond acceptors (Lipinski definition) is 4. The average Bonchev–Trinajstić information content (AvgIpc) is 3.32. The van der Waals surface area contributed by atoms with Crippen LogP contribution in [0.2, 0.25) is 0 Å². The quantitative estimate of drug-likeness (QED) is 0.758. The van der Waals surface area contributed by atoms with E-state index >= 15 is 0 Å². The van der Waals surface area contributed by atoms with Gasteiger partial charge >= 0.3 is 0 Å². The van der Waals surface area contributed by atoms with E-state index in [-0.39, 0.29) is 6.04 Å². The molecule has 0 spiro atoms. The van der Waals surface area contributed by atoms with E-state index in [4.69, 9.17) is 0 Å². The largest absolute Gasteiger partial charge is 0.338 e. The van der Waals surface area contributed by atoms with Gasteiger partial charge < -0.3 is 10.2 Å². The zero-order chi connectivity index (χ0) is 17.1. The molecule has 0 bridgehead atoms. The lowest BCUT2D eigenvalue weighted by Crippen LogP contribution is -2.53. The number of piperidine rings is 1. The van der Waals surface area contributed by atoms with Crippen molar-refractivity contribution in [2.45, 2.75) is 56.7 Å². The van der Waals surface area contributed by atoms with Crippen LogP contribution in [0.25, 0.3) is 0 Å². The van der Waals surface area contributed by atoms with E-state index in [9.17, 15) is 4.79 Å². The fourth-order valence-corrected chi connectivity index (χ4v) is 4.72. The summed E-state index contributed by atoms with van der Waals surface area (Å²) in [6, 6.07) is 11.3. The summed E-state index contributed by atoms with van der Waals surface area (Å²) in [6.45, 7) is 2.80. The summed E-state index contributed by atoms with van der Waals surface area (Å²) in [5, 5.41) is 3.46. The molecule has 2 saturated heterocycles. The number of hydrogen-bond donors (Lipinski definition) is 3. The molecule has 3 atom stereocenters. The van der Waals surface area contributed by atoms with Gasteiger partial charge in [0, 0.05) is 31.1 Å². The van der Waals surface area contributed by atoms with Crippen LogP contribution in [0.15, 0.2) is 30.3 Å². The Kier molecular flexibility index (Phi) is 5.34. The third kappa shape index (κ3) is 3.73. The average molecular weight is 342 g/mol. The van der Waals surface area contributed by atoms with Crippen molar-refractivity contribution in [3.05, 3.63) is 35.9 Å². The summed E-state index contributed by atoms with van der Waals surface area (Å²) in [5.74, 6) is 0.661. The Morgan fingerprint density at radius 2 is 1.88 bits per heavy atom. The van der Waals surface area contributed by atoms with Gasteiger partial charge in [-0.2, -0.15) is 0 Å². The summed E-state index contributed by atoms with van der Waals surface area (Å²) in [5.41, 5.74) is 8.00. The van der Waals surface area contributed by atoms with Gasteiger partial charge in [0.25, 0.3) is 0 Å². The van der Waals surface area contributed by atoms with Crippen LogP contribution in [0.1, 0.15) is 37.7 Å². The van der Waals surface area contributed by atoms with Crippen LogP contribution < -0.4 is 16.2 Å². The number of nitrogens with one attached hydrogen (secondary N) is 3. The highest BCUT2D eigenvalue weighted by molar-refractivity contribution is 5.83. The summed E-state index contributed by atoms with van der Waals surface area (Å²) < 4.78 is 0. The molecule has 1 aromatic rings. The van der Waals surface area contributed by atoms with E-state index < -0.39 is 0 Å². The van der Waals surface area contributed by atoms with Crippen LogP contribution in [0.3, 0.4) is 0 Å². The Morgan fingerprint density at radius 1 is 1.08 bits per heavy atom. The second kappa shape index (κ2) is 7.85. The normalized spacial score (nSPS) is 29.5. The van der Waals surface area contributed by atoms with Crippen molar-refractivity contribution < 1.29 is 4.79 Å². The molecule has 2 aliphatic heterocycles. The zero-order valence-electron chi connectivity index (χ0n) is 14.9. The number of hydrazine groups is 1. The predicted octanol–water partition coefficient (Wildman–Crippen LogP) is 1.45. The lowest BCUT2D eigenvalue weighted by atomic mass is 9.88. The standard InChI is InChI=1S/C20H30N4O/c25-20(19-17-14-21-12-10-18(17)22-23-19)24(16-8-4-5-9-16)13-11-15-6-2-1-3-7-15/h1-3,6-7,16-19,21-23H,4-5,8-14H2. The van der Waals surface area contributed by atoms with Crippen molar-refractivity contribution in [1.82, 2.24) is 21.1 Å². The molecule has 136 valence electrons. The molecule has 1 aromatic carbocycles. The van der Waals surface area contributed by atoms with E-state index in [0.29, 0.717) is 23.9 Å². The molecule has 0 aromatic heterocycles. The number of nitrogens with zero attached hydrogens (tertiary/aromatic N) is 1. The van der Waals surface area contributed by atoms with E-state index in [1.807, 2.05) is 6.07 Å². The molecule has 3 unspecified atom stereocenters. The minimum absolute atomic E-state index is 0.0887. The Hall–Kier alpha value is -1.43. The maximum atomic E-state index is 13.4. The number of rotatable bonds is 5. The molecule has 0 radical (unpaired) electrons. The van der Waals surface area contributed by atoms with E-state index in [1.165, 1.54) is 18.4 Å². The first-order valence-electron chi connectivity index (χ1n) is 9.89. The smallest absolute Gasteiger partial charge is 0.241 e. The second-order valence-electron chi connectivity index (χ2n) is 7.74. The maximum Gasteiger partial charge on any atom is 0.241 e. The van der Waals surface area contributed by atoms with Crippen molar-refractivity contribution in [1.29, 1.82) is 0 Å². The molecule has 5 heteroatoms. The van der Waals surface area contributed by atoms with E-state index in [1.54, 1.807) is 0 Å². The summed E-state index contributed by atoms with van der Waals surface area (Å²) in [6.07, 6.45) is 6.86. The van der Waals surface area contributed by atoms with Crippen molar-refractivity contribution in [2.24, 2.45) is 5.92 Å². The molecule has 1 saturated carbocycles. The first kappa shape index (κ1) is 17.0. The number of carbonyl (C=O) groups excluding carboxylic acids is 1. The zero-order valence-corrected chi connectivity index (χ0v) is 14.9. The first-order chi connectivity index (χ1) is 12.3. The fraction of sp³-hybridized carbons (Fsp3) is 0.650. The molecule has 5 nitrogen and oxygen atoms in total. The Balaban J connectivity index is 1.46. The van der Waals surface area contributed by atoms with Gasteiger partial charge in [0.2, 0.25) is 5.91 Å². The van der Waals surface area contributed by atoms with Crippen LogP contribution in [0, 0.1) is 5.92 Å². The number of fused-ring (bicyclic) bond motifs is 1. The van der Waals surface area contributed by atoms with Crippen LogP contribution in [-0.4, -0.2) is 48.6 Å². The Labute approximate surface area is 150 Å². The van der Waals surface area contributed by atoms with Crippen LogP contribution in [0.4, 0.5) is 0 Å². The molecule has 3 N–H and O–H groups in total. The Bertz CT molecular complexity index is 572. The highest BCUT2D eigenvalue weighted by Gasteiger charge is 2.43. The Morgan fingerprint density at radius 3 is 2.68 bits per heavy atom. The molecule has 3 aliphatic rings. The predicted molar refractivity (Wildman–Crippen MR) is 98.9 cm³/mol. The van der Waals surface area contributed by atoms with Crippen LogP contribution in [-0.2, 0) is 11.2 Å². The SMILES string of the molecule is O=C(C1NNC2CCNCC21)N(CCc1ccccc1)C1CCCC1. The third-order valence-electron chi connectivity index (χ3n) is 6.18. The molecule has 2 heterocycles. The lowest BCUT2D eigenvalue weighted by Gasteiger charge is -2.34. The van der Waals surface area contributed by atoms with Crippen molar-refractivity contribution in [2.75, 3.05) is 19.6 Å². The fourth-order valence-electron chi connectivity index (χ4n) is 4.72. The molecule has 3 fully saturated rings. The minimum atomic E-state index is -0.0887. The van der Waals surface area contributed by atoms with Gasteiger partial charge in [0.1, 0.15) is 6.04 Å². The van der Waals surface area contributed by atoms with Gasteiger partial charge in [0.15, 0.2) is 0 Å². The van der Waals surface area contributed by atoms with Crippen molar-refractivity contribution in [3.63, 3.8) is 0 Å². The number of benzene rings is 1. The summed E-state index contributed by atoms with van der Waals surface area (Å²) in [4.78, 5) is 15.6. The number of amides is 1. The van der Waals surface area contributed by atoms with Crippen molar-refractivity contribution >= 4 is 5.91 Å². The molecular weight excluding hydrogens is 312 g/mol. The molecule has 25 heavy (non-hydrogen) atoms. The van der Waals surface area contributed by atoms with Gasteiger partial charge in [-0.15, -0.1) is 0 Å². The maximum absolute atomic E-state index is 13.4. The topological polar surface area (TPSA) is 56.4 Å². The van der Waals surface area contributed by atoms with Crippen LogP contribution in [0.5, 0.6) is 0 Å². The highest BCUT2D eigenvalue weighted by atomic mass is 16.2. The van der Waals surface area contributed by atoms with Gasteiger partial charge in [-0.05, 0) is 37.8 Å². The molecule has 1 aliphatic carbocycles. The first-order valence-corrected chi connectivity index (χ1v) is 9.89. The van der Waals surface area contributed by atoms with Gasteiger partial charge in [0.05, 0.1) is 0 Å². The van der Waals surface area contributed by atoms with E-state index in [0.717, 1.165) is 45.3 Å². The molecule has 1 amide bonds. The monoisotopic (exact) mass is 342 g/mol. The number of carbonyl (C=O) groups is 1. The lowest BCUT2D eigenvalue weighted by molar-refractivity contribution is -0.136. The van der Waals surface area contributed by atoms with E-state index in [2.05, 4.69) is 45.3 Å². The molecule has 4 rings (SSSR count). The second-order valence-corrected chi connectivity index (χ2v) is 7.74. The van der Waals surface area contributed by atoms with Gasteiger partial charge in [-0.3, -0.25) is 10.2 Å². The summed E-state index contributed by atoms with van der Waals surface area (Å²) >= 11 is 0. The highest BCUT2D eigenvalue weighted by Crippen LogP contribution is 2.27. The minimum Gasteiger partial charge on any atom is -0.338 e. The summed E-state index contributed by atoms with van der Waals surface area (Å²) in [7, 11) is 0. The van der Waals surface area contributed by atoms with Gasteiger partial charge in [-0.1, -0.05) is 43.2 Å². The molecular formula is C20H30N4O. The van der Waals surface area contributed by atoms with Crippen LogP contribution >= 0.6 is 0 Å². The van der Waals surface area contributed by atoms with Crippen molar-refractivity contribution in [3.8, 4) is 0 Å².